The van der Waals surface area contributed by atoms with E-state index in [1.807, 2.05) is 36.4 Å². The van der Waals surface area contributed by atoms with Gasteiger partial charge in [0.05, 0.1) is 6.26 Å². The summed E-state index contributed by atoms with van der Waals surface area (Å²) in [6.07, 6.45) is 2.44. The molecule has 2 heterocycles. The van der Waals surface area contributed by atoms with Gasteiger partial charge in [0.25, 0.3) is 0 Å². The van der Waals surface area contributed by atoms with Crippen LogP contribution in [0.25, 0.3) is 10.9 Å². The summed E-state index contributed by atoms with van der Waals surface area (Å²) in [5.41, 5.74) is 1.45. The second-order valence-corrected chi connectivity index (χ2v) is 5.89. The summed E-state index contributed by atoms with van der Waals surface area (Å²) in [6.45, 7) is 0.352. The Morgan fingerprint density at radius 3 is 2.96 bits per heavy atom. The lowest BCUT2D eigenvalue weighted by Gasteiger charge is -2.08. The number of carbonyl (C=O) groups excluding carboxylic acids is 1. The number of carbonyl (C=O) groups is 1. The van der Waals surface area contributed by atoms with Crippen LogP contribution in [-0.4, -0.2) is 10.9 Å². The average molecular weight is 308 g/mol. The first-order valence-electron chi connectivity index (χ1n) is 7.64. The van der Waals surface area contributed by atoms with Crippen LogP contribution in [0.4, 0.5) is 0 Å². The third kappa shape index (κ3) is 2.65. The van der Waals surface area contributed by atoms with E-state index in [0.29, 0.717) is 6.54 Å². The molecule has 1 fully saturated rings. The number of hydrogen-bond donors (Lipinski definition) is 2. The van der Waals surface area contributed by atoms with E-state index < -0.39 is 0 Å². The predicted octanol–water partition coefficient (Wildman–Crippen LogP) is 2.54. The minimum Gasteiger partial charge on any atom is -0.469 e. The van der Waals surface area contributed by atoms with Crippen molar-refractivity contribution in [2.45, 2.75) is 18.9 Å². The van der Waals surface area contributed by atoms with E-state index in [0.717, 1.165) is 28.6 Å². The van der Waals surface area contributed by atoms with E-state index in [2.05, 4.69) is 10.3 Å². The minimum absolute atomic E-state index is 0.00997. The molecule has 23 heavy (non-hydrogen) atoms. The highest BCUT2D eigenvalue weighted by Gasteiger charge is 2.45. The zero-order chi connectivity index (χ0) is 15.8. The highest BCUT2D eigenvalue weighted by atomic mass is 16.3. The first-order valence-corrected chi connectivity index (χ1v) is 7.64. The molecule has 5 nitrogen and oxygen atoms in total. The molecule has 0 saturated heterocycles. The van der Waals surface area contributed by atoms with Gasteiger partial charge in [0, 0.05) is 35.3 Å². The number of amides is 1. The molecule has 5 heteroatoms. The van der Waals surface area contributed by atoms with Gasteiger partial charge >= 0.3 is 0 Å². The van der Waals surface area contributed by atoms with E-state index in [1.54, 1.807) is 12.3 Å². The van der Waals surface area contributed by atoms with Gasteiger partial charge in [-0.15, -0.1) is 0 Å². The van der Waals surface area contributed by atoms with Crippen LogP contribution in [0.5, 0.6) is 0 Å². The fraction of sp³-hybridized carbons (Fsp3) is 0.222. The molecule has 2 atom stereocenters. The van der Waals surface area contributed by atoms with Crippen molar-refractivity contribution in [3.05, 3.63) is 70.4 Å². The lowest BCUT2D eigenvalue weighted by atomic mass is 10.1. The van der Waals surface area contributed by atoms with E-state index >= 15 is 0 Å². The zero-order valence-corrected chi connectivity index (χ0v) is 12.4. The Balaban J connectivity index is 1.48. The molecular formula is C18H16N2O3. The Bertz CT molecular complexity index is 911. The van der Waals surface area contributed by atoms with Gasteiger partial charge in [0.15, 0.2) is 0 Å². The van der Waals surface area contributed by atoms with E-state index in [4.69, 9.17) is 4.42 Å². The van der Waals surface area contributed by atoms with Crippen LogP contribution in [0.1, 0.15) is 23.7 Å². The second kappa shape index (κ2) is 5.43. The van der Waals surface area contributed by atoms with Gasteiger partial charge in [-0.3, -0.25) is 9.59 Å². The summed E-state index contributed by atoms with van der Waals surface area (Å²) in [5.74, 6) is 1.03. The van der Waals surface area contributed by atoms with Gasteiger partial charge in [-0.25, -0.2) is 0 Å². The molecule has 0 aliphatic heterocycles. The van der Waals surface area contributed by atoms with Gasteiger partial charge in [-0.2, -0.15) is 0 Å². The molecule has 116 valence electrons. The number of rotatable bonds is 4. The van der Waals surface area contributed by atoms with Crippen molar-refractivity contribution in [2.75, 3.05) is 0 Å². The topological polar surface area (TPSA) is 75.1 Å². The third-order valence-corrected chi connectivity index (χ3v) is 4.33. The molecule has 1 amide bonds. The Morgan fingerprint density at radius 1 is 1.26 bits per heavy atom. The summed E-state index contributed by atoms with van der Waals surface area (Å²) >= 11 is 0. The van der Waals surface area contributed by atoms with Crippen molar-refractivity contribution in [3.63, 3.8) is 0 Å². The number of fused-ring (bicyclic) bond motifs is 1. The van der Waals surface area contributed by atoms with E-state index in [-0.39, 0.29) is 23.3 Å². The smallest absolute Gasteiger partial charge is 0.248 e. The van der Waals surface area contributed by atoms with Crippen LogP contribution < -0.4 is 10.9 Å². The van der Waals surface area contributed by atoms with Gasteiger partial charge in [0.1, 0.15) is 5.76 Å². The highest BCUT2D eigenvalue weighted by Crippen LogP contribution is 2.47. The molecule has 0 spiro atoms. The number of pyridine rings is 1. The molecule has 1 aromatic carbocycles. The molecule has 1 aliphatic carbocycles. The number of furan rings is 1. The standard InChI is InChI=1S/C18H16N2O3/c21-17-8-11(12-4-1-2-5-15(12)20-17)10-19-18(22)14-9-13(14)16-6-3-7-23-16/h1-8,13-14H,9-10H2,(H,19,22)(H,20,21). The highest BCUT2D eigenvalue weighted by molar-refractivity contribution is 5.85. The first-order chi connectivity index (χ1) is 11.2. The maximum Gasteiger partial charge on any atom is 0.248 e. The monoisotopic (exact) mass is 308 g/mol. The molecule has 0 bridgehead atoms. The predicted molar refractivity (Wildman–Crippen MR) is 86.0 cm³/mol. The molecule has 2 unspecified atom stereocenters. The molecule has 1 saturated carbocycles. The molecule has 4 rings (SSSR count). The van der Waals surface area contributed by atoms with Crippen LogP contribution in [-0.2, 0) is 11.3 Å². The number of benzene rings is 1. The molecular weight excluding hydrogens is 292 g/mol. The summed E-state index contributed by atoms with van der Waals surface area (Å²) in [5, 5.41) is 3.89. The van der Waals surface area contributed by atoms with Crippen molar-refractivity contribution >= 4 is 16.8 Å². The molecule has 2 aromatic heterocycles. The largest absolute Gasteiger partial charge is 0.469 e. The Hall–Kier alpha value is -2.82. The van der Waals surface area contributed by atoms with Gasteiger partial charge in [-0.05, 0) is 30.2 Å². The van der Waals surface area contributed by atoms with E-state index in [9.17, 15) is 9.59 Å². The number of H-pyrrole nitrogens is 1. The second-order valence-electron chi connectivity index (χ2n) is 5.89. The van der Waals surface area contributed by atoms with Gasteiger partial charge in [0.2, 0.25) is 11.5 Å². The van der Waals surface area contributed by atoms with Crippen LogP contribution in [0.3, 0.4) is 0 Å². The van der Waals surface area contributed by atoms with Crippen LogP contribution >= 0.6 is 0 Å². The summed E-state index contributed by atoms with van der Waals surface area (Å²) in [4.78, 5) is 26.8. The molecule has 0 radical (unpaired) electrons. The SMILES string of the molecule is O=C(NCc1cc(=O)[nH]c2ccccc12)C1CC1c1ccco1. The first kappa shape index (κ1) is 13.8. The van der Waals surface area contributed by atoms with Crippen molar-refractivity contribution in [1.29, 1.82) is 0 Å². The Kier molecular flexibility index (Phi) is 3.26. The third-order valence-electron chi connectivity index (χ3n) is 4.33. The van der Waals surface area contributed by atoms with Crippen molar-refractivity contribution in [1.82, 2.24) is 10.3 Å². The number of para-hydroxylation sites is 1. The molecule has 3 aromatic rings. The summed E-state index contributed by atoms with van der Waals surface area (Å²) < 4.78 is 5.35. The number of nitrogens with one attached hydrogen (secondary N) is 2. The zero-order valence-electron chi connectivity index (χ0n) is 12.4. The Morgan fingerprint density at radius 2 is 2.13 bits per heavy atom. The average Bonchev–Trinajstić information content (AvgIpc) is 3.17. The maximum atomic E-state index is 12.3. The van der Waals surface area contributed by atoms with Crippen molar-refractivity contribution < 1.29 is 9.21 Å². The maximum absolute atomic E-state index is 12.3. The lowest BCUT2D eigenvalue weighted by Crippen LogP contribution is -2.25. The van der Waals surface area contributed by atoms with Crippen LogP contribution in [0.15, 0.2) is 57.9 Å². The fourth-order valence-corrected chi connectivity index (χ4v) is 3.04. The van der Waals surface area contributed by atoms with E-state index in [1.165, 1.54) is 0 Å². The fourth-order valence-electron chi connectivity index (χ4n) is 3.04. The normalized spacial score (nSPS) is 19.7. The summed E-state index contributed by atoms with van der Waals surface area (Å²) in [6, 6.07) is 12.9. The van der Waals surface area contributed by atoms with Crippen LogP contribution in [0.2, 0.25) is 0 Å². The summed E-state index contributed by atoms with van der Waals surface area (Å²) in [7, 11) is 0. The molecule has 2 N–H and O–H groups in total. The van der Waals surface area contributed by atoms with Crippen molar-refractivity contribution in [2.24, 2.45) is 5.92 Å². The number of aromatic nitrogens is 1. The molecule has 1 aliphatic rings. The number of aromatic amines is 1. The van der Waals surface area contributed by atoms with Gasteiger partial charge in [-0.1, -0.05) is 18.2 Å². The van der Waals surface area contributed by atoms with Crippen molar-refractivity contribution in [3.8, 4) is 0 Å². The quantitative estimate of drug-likeness (QED) is 0.777. The van der Waals surface area contributed by atoms with Crippen LogP contribution in [0, 0.1) is 5.92 Å². The lowest BCUT2D eigenvalue weighted by molar-refractivity contribution is -0.122. The Labute approximate surface area is 132 Å². The number of hydrogen-bond acceptors (Lipinski definition) is 3. The van der Waals surface area contributed by atoms with Gasteiger partial charge < -0.3 is 14.7 Å². The minimum atomic E-state index is -0.159.